The first-order chi connectivity index (χ1) is 9.45. The van der Waals surface area contributed by atoms with Crippen molar-refractivity contribution in [2.45, 2.75) is 25.9 Å². The molecule has 0 aliphatic rings. The maximum absolute atomic E-state index is 9.92. The predicted molar refractivity (Wildman–Crippen MR) is 74.4 cm³/mol. The van der Waals surface area contributed by atoms with E-state index in [1.807, 2.05) is 25.1 Å². The van der Waals surface area contributed by atoms with Gasteiger partial charge in [0, 0.05) is 6.54 Å². The Hall–Kier alpha value is -1.92. The van der Waals surface area contributed by atoms with Crippen LogP contribution < -0.4 is 10.5 Å². The second-order valence-corrected chi connectivity index (χ2v) is 5.09. The lowest BCUT2D eigenvalue weighted by Crippen LogP contribution is -2.36. The van der Waals surface area contributed by atoms with Crippen molar-refractivity contribution in [2.24, 2.45) is 5.73 Å². The molecule has 0 saturated heterocycles. The van der Waals surface area contributed by atoms with Gasteiger partial charge in [0.25, 0.3) is 0 Å². The molecule has 0 aliphatic carbocycles. The highest BCUT2D eigenvalue weighted by atomic mass is 16.5. The Balaban J connectivity index is 2.29. The van der Waals surface area contributed by atoms with Crippen molar-refractivity contribution in [2.75, 3.05) is 13.7 Å². The molecule has 0 bridgehead atoms. The highest BCUT2D eigenvalue weighted by Crippen LogP contribution is 2.29. The number of aliphatic hydroxyl groups is 1. The van der Waals surface area contributed by atoms with Crippen LogP contribution in [0.2, 0.25) is 0 Å². The fraction of sp³-hybridized carbons (Fsp3) is 0.429. The van der Waals surface area contributed by atoms with Crippen LogP contribution in [-0.4, -0.2) is 34.5 Å². The molecule has 0 amide bonds. The van der Waals surface area contributed by atoms with E-state index in [2.05, 4.69) is 10.1 Å². The summed E-state index contributed by atoms with van der Waals surface area (Å²) >= 11 is 0. The van der Waals surface area contributed by atoms with Crippen LogP contribution in [0.25, 0.3) is 11.4 Å². The molecule has 6 heteroatoms. The van der Waals surface area contributed by atoms with Gasteiger partial charge < -0.3 is 20.1 Å². The van der Waals surface area contributed by atoms with Crippen molar-refractivity contribution in [3.05, 3.63) is 29.7 Å². The number of hydrogen-bond donors (Lipinski definition) is 2. The van der Waals surface area contributed by atoms with Gasteiger partial charge in [-0.1, -0.05) is 11.2 Å². The average molecular weight is 277 g/mol. The molecule has 0 aliphatic heterocycles. The van der Waals surface area contributed by atoms with Gasteiger partial charge in [-0.15, -0.1) is 0 Å². The van der Waals surface area contributed by atoms with Crippen LogP contribution in [0.1, 0.15) is 18.4 Å². The summed E-state index contributed by atoms with van der Waals surface area (Å²) in [6.07, 6.45) is 0.213. The molecule has 2 aromatic rings. The first-order valence-electron chi connectivity index (χ1n) is 6.35. The van der Waals surface area contributed by atoms with E-state index in [0.717, 1.165) is 11.1 Å². The second-order valence-electron chi connectivity index (χ2n) is 5.09. The number of hydrogen-bond acceptors (Lipinski definition) is 6. The van der Waals surface area contributed by atoms with Crippen LogP contribution in [0.5, 0.6) is 5.75 Å². The van der Waals surface area contributed by atoms with Crippen molar-refractivity contribution in [1.82, 2.24) is 10.1 Å². The zero-order valence-corrected chi connectivity index (χ0v) is 11.9. The number of rotatable bonds is 5. The van der Waals surface area contributed by atoms with Gasteiger partial charge in [0.05, 0.1) is 24.7 Å². The van der Waals surface area contributed by atoms with E-state index in [1.54, 1.807) is 14.0 Å². The van der Waals surface area contributed by atoms with E-state index < -0.39 is 5.60 Å². The molecule has 0 saturated carbocycles. The zero-order valence-electron chi connectivity index (χ0n) is 11.9. The van der Waals surface area contributed by atoms with Crippen molar-refractivity contribution in [3.63, 3.8) is 0 Å². The third-order valence-corrected chi connectivity index (χ3v) is 3.04. The predicted octanol–water partition coefficient (Wildman–Crippen LogP) is 1.31. The summed E-state index contributed by atoms with van der Waals surface area (Å²) in [7, 11) is 1.60. The molecule has 3 N–H and O–H groups in total. The lowest BCUT2D eigenvalue weighted by molar-refractivity contribution is 0.0610. The van der Waals surface area contributed by atoms with Crippen LogP contribution in [0, 0.1) is 6.92 Å². The molecule has 1 aromatic heterocycles. The normalized spacial score (nSPS) is 14.1. The zero-order chi connectivity index (χ0) is 14.8. The summed E-state index contributed by atoms with van der Waals surface area (Å²) in [5, 5.41) is 13.8. The van der Waals surface area contributed by atoms with Gasteiger partial charge in [-0.2, -0.15) is 4.98 Å². The summed E-state index contributed by atoms with van der Waals surface area (Å²) < 4.78 is 10.5. The Morgan fingerprint density at radius 2 is 2.20 bits per heavy atom. The highest BCUT2D eigenvalue weighted by Gasteiger charge is 2.23. The van der Waals surface area contributed by atoms with Crippen LogP contribution in [0.15, 0.2) is 22.7 Å². The molecule has 1 aromatic carbocycles. The quantitative estimate of drug-likeness (QED) is 0.855. The molecule has 1 heterocycles. The number of methoxy groups -OCH3 is 1. The van der Waals surface area contributed by atoms with Gasteiger partial charge >= 0.3 is 0 Å². The first kappa shape index (κ1) is 14.5. The van der Waals surface area contributed by atoms with Crippen molar-refractivity contribution < 1.29 is 14.4 Å². The lowest BCUT2D eigenvalue weighted by Gasteiger charge is -2.17. The summed E-state index contributed by atoms with van der Waals surface area (Å²) in [6.45, 7) is 3.73. The van der Waals surface area contributed by atoms with Crippen LogP contribution in [0.4, 0.5) is 0 Å². The SMILES string of the molecule is COc1cc(C)ccc1-c1noc(CC(C)(O)CN)n1. The van der Waals surface area contributed by atoms with Crippen LogP contribution in [0.3, 0.4) is 0 Å². The Kier molecular flexibility index (Phi) is 4.06. The third-order valence-electron chi connectivity index (χ3n) is 3.04. The molecule has 1 atom stereocenters. The number of aryl methyl sites for hydroxylation is 1. The average Bonchev–Trinajstić information content (AvgIpc) is 2.86. The molecule has 20 heavy (non-hydrogen) atoms. The van der Waals surface area contributed by atoms with Crippen LogP contribution >= 0.6 is 0 Å². The van der Waals surface area contributed by atoms with E-state index >= 15 is 0 Å². The van der Waals surface area contributed by atoms with E-state index in [0.29, 0.717) is 17.5 Å². The topological polar surface area (TPSA) is 94.4 Å². The van der Waals surface area contributed by atoms with Crippen molar-refractivity contribution >= 4 is 0 Å². The fourth-order valence-electron chi connectivity index (χ4n) is 1.82. The molecule has 0 radical (unpaired) electrons. The van der Waals surface area contributed by atoms with Gasteiger partial charge in [0.1, 0.15) is 5.75 Å². The minimum absolute atomic E-state index is 0.124. The van der Waals surface area contributed by atoms with Gasteiger partial charge in [-0.05, 0) is 31.5 Å². The number of ether oxygens (including phenoxy) is 1. The third kappa shape index (κ3) is 3.15. The van der Waals surface area contributed by atoms with Crippen molar-refractivity contribution in [1.29, 1.82) is 0 Å². The maximum atomic E-state index is 9.92. The number of benzene rings is 1. The minimum atomic E-state index is -1.05. The standard InChI is InChI=1S/C14H19N3O3/c1-9-4-5-10(11(6-9)19-3)13-16-12(20-17-13)7-14(2,18)8-15/h4-6,18H,7-8,15H2,1-3H3. The van der Waals surface area contributed by atoms with Gasteiger partial charge in [0.15, 0.2) is 0 Å². The first-order valence-corrected chi connectivity index (χ1v) is 6.35. The van der Waals surface area contributed by atoms with Gasteiger partial charge in [-0.25, -0.2) is 0 Å². The smallest absolute Gasteiger partial charge is 0.229 e. The van der Waals surface area contributed by atoms with E-state index in [1.165, 1.54) is 0 Å². The minimum Gasteiger partial charge on any atom is -0.496 e. The number of aromatic nitrogens is 2. The summed E-state index contributed by atoms with van der Waals surface area (Å²) in [4.78, 5) is 4.28. The van der Waals surface area contributed by atoms with Gasteiger partial charge in [-0.3, -0.25) is 0 Å². The molecule has 0 spiro atoms. The van der Waals surface area contributed by atoms with Crippen LogP contribution in [-0.2, 0) is 6.42 Å². The molecule has 6 nitrogen and oxygen atoms in total. The monoisotopic (exact) mass is 277 g/mol. The van der Waals surface area contributed by atoms with E-state index in [9.17, 15) is 5.11 Å². The Labute approximate surface area is 117 Å². The van der Waals surface area contributed by atoms with E-state index in [4.69, 9.17) is 15.0 Å². The number of nitrogens with two attached hydrogens (primary N) is 1. The summed E-state index contributed by atoms with van der Waals surface area (Å²) in [5.74, 6) is 1.46. The summed E-state index contributed by atoms with van der Waals surface area (Å²) in [6, 6.07) is 5.73. The van der Waals surface area contributed by atoms with Gasteiger partial charge in [0.2, 0.25) is 11.7 Å². The summed E-state index contributed by atoms with van der Waals surface area (Å²) in [5.41, 5.74) is 6.25. The molecule has 1 unspecified atom stereocenters. The maximum Gasteiger partial charge on any atom is 0.229 e. The molecular formula is C14H19N3O3. The Morgan fingerprint density at radius 3 is 2.85 bits per heavy atom. The van der Waals surface area contributed by atoms with Crippen molar-refractivity contribution in [3.8, 4) is 17.1 Å². The second kappa shape index (κ2) is 5.60. The van der Waals surface area contributed by atoms with E-state index in [-0.39, 0.29) is 13.0 Å². The fourth-order valence-corrected chi connectivity index (χ4v) is 1.82. The molecule has 0 fully saturated rings. The largest absolute Gasteiger partial charge is 0.496 e. The molecular weight excluding hydrogens is 258 g/mol. The lowest BCUT2D eigenvalue weighted by atomic mass is 10.0. The highest BCUT2D eigenvalue weighted by molar-refractivity contribution is 5.64. The number of nitrogens with zero attached hydrogens (tertiary/aromatic N) is 2. The Bertz CT molecular complexity index is 593. The molecule has 108 valence electrons. The molecule has 2 rings (SSSR count). The Morgan fingerprint density at radius 1 is 1.45 bits per heavy atom.